The Morgan fingerprint density at radius 1 is 1.04 bits per heavy atom. The fourth-order valence-electron chi connectivity index (χ4n) is 2.73. The van der Waals surface area contributed by atoms with Crippen LogP contribution in [0.4, 0.5) is 5.82 Å². The SMILES string of the molecule is COc1cc(C(=O)Nc2ccnn2Cc2ccc(Cl)cc2)cc(OC)c1OC. The van der Waals surface area contributed by atoms with Crippen LogP contribution in [0.2, 0.25) is 5.02 Å². The van der Waals surface area contributed by atoms with Crippen LogP contribution in [0.5, 0.6) is 17.2 Å². The van der Waals surface area contributed by atoms with Gasteiger partial charge in [0.15, 0.2) is 11.5 Å². The predicted molar refractivity (Wildman–Crippen MR) is 107 cm³/mol. The van der Waals surface area contributed by atoms with Crippen molar-refractivity contribution in [3.8, 4) is 17.2 Å². The molecular formula is C20H20ClN3O4. The molecule has 0 aliphatic rings. The van der Waals surface area contributed by atoms with Gasteiger partial charge in [-0.2, -0.15) is 5.10 Å². The van der Waals surface area contributed by atoms with Gasteiger partial charge in [-0.25, -0.2) is 4.68 Å². The monoisotopic (exact) mass is 401 g/mol. The number of aromatic nitrogens is 2. The van der Waals surface area contributed by atoms with Crippen molar-refractivity contribution in [3.63, 3.8) is 0 Å². The fourth-order valence-corrected chi connectivity index (χ4v) is 2.85. The van der Waals surface area contributed by atoms with Crippen molar-refractivity contribution < 1.29 is 19.0 Å². The van der Waals surface area contributed by atoms with Crippen LogP contribution in [-0.2, 0) is 6.54 Å². The van der Waals surface area contributed by atoms with E-state index in [4.69, 9.17) is 25.8 Å². The smallest absolute Gasteiger partial charge is 0.257 e. The van der Waals surface area contributed by atoms with Gasteiger partial charge in [0.05, 0.1) is 34.1 Å². The molecule has 1 amide bonds. The maximum absolute atomic E-state index is 12.8. The highest BCUT2D eigenvalue weighted by atomic mass is 35.5. The van der Waals surface area contributed by atoms with E-state index in [1.54, 1.807) is 29.1 Å². The quantitative estimate of drug-likeness (QED) is 0.650. The second-order valence-electron chi connectivity index (χ2n) is 5.87. The first-order valence-electron chi connectivity index (χ1n) is 8.43. The third-order valence-electron chi connectivity index (χ3n) is 4.13. The van der Waals surface area contributed by atoms with Crippen LogP contribution >= 0.6 is 11.6 Å². The molecule has 0 aliphatic heterocycles. The van der Waals surface area contributed by atoms with E-state index in [9.17, 15) is 4.79 Å². The summed E-state index contributed by atoms with van der Waals surface area (Å²) in [6.07, 6.45) is 1.63. The molecule has 0 atom stereocenters. The third kappa shape index (κ3) is 4.20. The summed E-state index contributed by atoms with van der Waals surface area (Å²) in [5, 5.41) is 7.80. The summed E-state index contributed by atoms with van der Waals surface area (Å²) in [6, 6.07) is 12.4. The van der Waals surface area contributed by atoms with E-state index in [0.29, 0.717) is 40.2 Å². The highest BCUT2D eigenvalue weighted by molar-refractivity contribution is 6.30. The van der Waals surface area contributed by atoms with Crippen LogP contribution < -0.4 is 19.5 Å². The Hall–Kier alpha value is -3.19. The molecule has 0 radical (unpaired) electrons. The largest absolute Gasteiger partial charge is 0.493 e. The number of nitrogens with zero attached hydrogens (tertiary/aromatic N) is 2. The minimum atomic E-state index is -0.322. The summed E-state index contributed by atoms with van der Waals surface area (Å²) in [4.78, 5) is 12.8. The number of carbonyl (C=O) groups excluding carboxylic acids is 1. The molecule has 0 saturated heterocycles. The summed E-state index contributed by atoms with van der Waals surface area (Å²) in [5.41, 5.74) is 1.38. The van der Waals surface area contributed by atoms with Gasteiger partial charge in [0.25, 0.3) is 5.91 Å². The molecule has 1 N–H and O–H groups in total. The van der Waals surface area contributed by atoms with Gasteiger partial charge in [0, 0.05) is 16.7 Å². The molecule has 0 bridgehead atoms. The lowest BCUT2D eigenvalue weighted by molar-refractivity contribution is 0.102. The number of hydrogen-bond donors (Lipinski definition) is 1. The lowest BCUT2D eigenvalue weighted by atomic mass is 10.1. The number of methoxy groups -OCH3 is 3. The van der Waals surface area contributed by atoms with Crippen LogP contribution in [-0.4, -0.2) is 37.0 Å². The van der Waals surface area contributed by atoms with E-state index >= 15 is 0 Å². The number of rotatable bonds is 7. The lowest BCUT2D eigenvalue weighted by Gasteiger charge is -2.14. The van der Waals surface area contributed by atoms with E-state index in [-0.39, 0.29) is 5.91 Å². The maximum Gasteiger partial charge on any atom is 0.257 e. The van der Waals surface area contributed by atoms with Gasteiger partial charge in [-0.3, -0.25) is 4.79 Å². The van der Waals surface area contributed by atoms with Crippen LogP contribution in [0, 0.1) is 0 Å². The van der Waals surface area contributed by atoms with Crippen molar-refractivity contribution >= 4 is 23.3 Å². The minimum Gasteiger partial charge on any atom is -0.493 e. The van der Waals surface area contributed by atoms with Gasteiger partial charge < -0.3 is 19.5 Å². The number of halogens is 1. The van der Waals surface area contributed by atoms with Crippen molar-refractivity contribution in [1.29, 1.82) is 0 Å². The standard InChI is InChI=1S/C20H20ClN3O4/c1-26-16-10-14(11-17(27-2)19(16)28-3)20(25)23-18-8-9-22-24(18)12-13-4-6-15(21)7-5-13/h4-11H,12H2,1-3H3,(H,23,25). The average Bonchev–Trinajstić information content (AvgIpc) is 3.14. The molecular weight excluding hydrogens is 382 g/mol. The van der Waals surface area contributed by atoms with Crippen LogP contribution in [0.15, 0.2) is 48.7 Å². The van der Waals surface area contributed by atoms with Crippen molar-refractivity contribution in [1.82, 2.24) is 9.78 Å². The number of ether oxygens (including phenoxy) is 3. The molecule has 28 heavy (non-hydrogen) atoms. The van der Waals surface area contributed by atoms with Gasteiger partial charge >= 0.3 is 0 Å². The number of amides is 1. The molecule has 0 unspecified atom stereocenters. The average molecular weight is 402 g/mol. The Morgan fingerprint density at radius 3 is 2.25 bits per heavy atom. The van der Waals surface area contributed by atoms with Crippen LogP contribution in [0.3, 0.4) is 0 Å². The number of nitrogens with one attached hydrogen (secondary N) is 1. The first-order valence-corrected chi connectivity index (χ1v) is 8.81. The first kappa shape index (κ1) is 19.6. The van der Waals surface area contributed by atoms with Gasteiger partial charge in [-0.1, -0.05) is 23.7 Å². The first-order chi connectivity index (χ1) is 13.5. The molecule has 2 aromatic carbocycles. The van der Waals surface area contributed by atoms with E-state index in [1.807, 2.05) is 24.3 Å². The van der Waals surface area contributed by atoms with Crippen LogP contribution in [0.25, 0.3) is 0 Å². The van der Waals surface area contributed by atoms with Gasteiger partial charge in [0.2, 0.25) is 5.75 Å². The molecule has 1 heterocycles. The molecule has 7 nitrogen and oxygen atoms in total. The topological polar surface area (TPSA) is 74.6 Å². The fraction of sp³-hybridized carbons (Fsp3) is 0.200. The lowest BCUT2D eigenvalue weighted by Crippen LogP contribution is -2.16. The molecule has 0 aliphatic carbocycles. The number of benzene rings is 2. The zero-order chi connectivity index (χ0) is 20.1. The normalized spacial score (nSPS) is 10.4. The Morgan fingerprint density at radius 2 is 1.68 bits per heavy atom. The molecule has 0 spiro atoms. The number of carbonyl (C=O) groups is 1. The molecule has 1 aromatic heterocycles. The molecule has 0 fully saturated rings. The molecule has 0 saturated carbocycles. The predicted octanol–water partition coefficient (Wildman–Crippen LogP) is 3.86. The van der Waals surface area contributed by atoms with Crippen molar-refractivity contribution in [2.75, 3.05) is 26.6 Å². The van der Waals surface area contributed by atoms with E-state index in [1.165, 1.54) is 21.3 Å². The molecule has 8 heteroatoms. The summed E-state index contributed by atoms with van der Waals surface area (Å²) in [5.74, 6) is 1.48. The maximum atomic E-state index is 12.8. The minimum absolute atomic E-state index is 0.322. The van der Waals surface area contributed by atoms with Crippen LogP contribution in [0.1, 0.15) is 15.9 Å². The van der Waals surface area contributed by atoms with Gasteiger partial charge in [0.1, 0.15) is 5.82 Å². The highest BCUT2D eigenvalue weighted by Crippen LogP contribution is 2.38. The van der Waals surface area contributed by atoms with E-state index in [2.05, 4.69) is 10.4 Å². The van der Waals surface area contributed by atoms with Crippen molar-refractivity contribution in [2.24, 2.45) is 0 Å². The summed E-state index contributed by atoms with van der Waals surface area (Å²) in [7, 11) is 4.51. The zero-order valence-corrected chi connectivity index (χ0v) is 16.5. The Balaban J connectivity index is 1.82. The Labute approximate surface area is 167 Å². The number of anilines is 1. The van der Waals surface area contributed by atoms with Gasteiger partial charge in [-0.15, -0.1) is 0 Å². The van der Waals surface area contributed by atoms with E-state index < -0.39 is 0 Å². The highest BCUT2D eigenvalue weighted by Gasteiger charge is 2.18. The third-order valence-corrected chi connectivity index (χ3v) is 4.38. The Bertz CT molecular complexity index is 945. The molecule has 3 aromatic rings. The zero-order valence-electron chi connectivity index (χ0n) is 15.7. The molecule has 3 rings (SSSR count). The second kappa shape index (κ2) is 8.67. The summed E-state index contributed by atoms with van der Waals surface area (Å²) in [6.45, 7) is 0.495. The summed E-state index contributed by atoms with van der Waals surface area (Å²) < 4.78 is 17.6. The second-order valence-corrected chi connectivity index (χ2v) is 6.31. The summed E-state index contributed by atoms with van der Waals surface area (Å²) >= 11 is 5.92. The Kier molecular flexibility index (Phi) is 6.06. The number of hydrogen-bond acceptors (Lipinski definition) is 5. The van der Waals surface area contributed by atoms with Crippen molar-refractivity contribution in [2.45, 2.75) is 6.54 Å². The van der Waals surface area contributed by atoms with E-state index in [0.717, 1.165) is 5.56 Å². The molecule has 146 valence electrons. The van der Waals surface area contributed by atoms with Gasteiger partial charge in [-0.05, 0) is 29.8 Å². The van der Waals surface area contributed by atoms with Crippen molar-refractivity contribution in [3.05, 3.63) is 64.8 Å².